The van der Waals surface area contributed by atoms with Crippen LogP contribution in [-0.4, -0.2) is 40.5 Å². The number of hydrogen-bond acceptors (Lipinski definition) is 7. The van der Waals surface area contributed by atoms with Crippen LogP contribution in [0.15, 0.2) is 75.2 Å². The summed E-state index contributed by atoms with van der Waals surface area (Å²) in [7, 11) is 0. The van der Waals surface area contributed by atoms with Gasteiger partial charge in [-0.15, -0.1) is 0 Å². The van der Waals surface area contributed by atoms with Crippen molar-refractivity contribution in [1.82, 2.24) is 9.80 Å². The zero-order chi connectivity index (χ0) is 26.2. The topological polar surface area (TPSA) is 77.1 Å². The van der Waals surface area contributed by atoms with Crippen molar-refractivity contribution in [1.29, 1.82) is 0 Å². The normalized spacial score (nSPS) is 16.3. The zero-order valence-corrected chi connectivity index (χ0v) is 22.2. The molecule has 1 saturated heterocycles. The Bertz CT molecular complexity index is 1510. The van der Waals surface area contributed by atoms with E-state index in [1.165, 1.54) is 16.8 Å². The molecule has 1 amide bonds. The highest BCUT2D eigenvalue weighted by Crippen LogP contribution is 2.33. The van der Waals surface area contributed by atoms with Crippen molar-refractivity contribution in [3.05, 3.63) is 83.2 Å². The zero-order valence-electron chi connectivity index (χ0n) is 21.4. The maximum Gasteiger partial charge on any atom is 0.276 e. The van der Waals surface area contributed by atoms with Crippen LogP contribution < -0.4 is 15.8 Å². The van der Waals surface area contributed by atoms with Gasteiger partial charge in [0.25, 0.3) is 5.91 Å². The van der Waals surface area contributed by atoms with Crippen molar-refractivity contribution >= 4 is 57.7 Å². The first-order valence-corrected chi connectivity index (χ1v) is 13.3. The number of nitrogens with one attached hydrogen (secondary N) is 2. The predicted octanol–water partition coefficient (Wildman–Crippen LogP) is 5.84. The van der Waals surface area contributed by atoms with Gasteiger partial charge >= 0.3 is 0 Å². The van der Waals surface area contributed by atoms with Crippen LogP contribution in [0.4, 0.5) is 17.3 Å². The van der Waals surface area contributed by atoms with Crippen LogP contribution in [-0.2, 0) is 17.8 Å². The van der Waals surface area contributed by atoms with Crippen molar-refractivity contribution in [3.63, 3.8) is 0 Å². The van der Waals surface area contributed by atoms with Gasteiger partial charge in [-0.3, -0.25) is 20.5 Å². The lowest BCUT2D eigenvalue weighted by atomic mass is 10.1. The van der Waals surface area contributed by atoms with Crippen molar-refractivity contribution < 1.29 is 13.6 Å². The fourth-order valence-corrected chi connectivity index (χ4v) is 5.52. The van der Waals surface area contributed by atoms with Gasteiger partial charge in [0.1, 0.15) is 11.5 Å². The third kappa shape index (κ3) is 4.39. The SMILES string of the molecule is CCN1C(=O)/C(=C\c2cc3oc(NNc4ccc5c(c4)CCN5Cc4ccccc4)cc3o2)N(CC)C1=S. The third-order valence-electron chi connectivity index (χ3n) is 6.97. The molecule has 0 saturated carbocycles. The number of nitrogens with zero attached hydrogens (tertiary/aromatic N) is 3. The minimum atomic E-state index is -0.114. The van der Waals surface area contributed by atoms with Gasteiger partial charge in [0, 0.05) is 50.1 Å². The van der Waals surface area contributed by atoms with Crippen LogP contribution >= 0.6 is 12.2 Å². The second-order valence-electron chi connectivity index (χ2n) is 9.34. The fraction of sp³-hybridized carbons (Fsp3) is 0.241. The van der Waals surface area contributed by atoms with Crippen LogP contribution in [0.2, 0.25) is 0 Å². The summed E-state index contributed by atoms with van der Waals surface area (Å²) in [5.41, 5.74) is 12.9. The minimum absolute atomic E-state index is 0.114. The molecule has 4 heterocycles. The van der Waals surface area contributed by atoms with E-state index in [-0.39, 0.29) is 5.91 Å². The van der Waals surface area contributed by atoms with Gasteiger partial charge in [-0.2, -0.15) is 0 Å². The van der Waals surface area contributed by atoms with E-state index in [4.69, 9.17) is 21.1 Å². The van der Waals surface area contributed by atoms with Gasteiger partial charge in [-0.1, -0.05) is 30.3 Å². The summed E-state index contributed by atoms with van der Waals surface area (Å²) in [5.74, 6) is 0.963. The Kier molecular flexibility index (Phi) is 6.29. The number of fused-ring (bicyclic) bond motifs is 2. The highest BCUT2D eigenvalue weighted by atomic mass is 32.1. The predicted molar refractivity (Wildman–Crippen MR) is 154 cm³/mol. The number of rotatable bonds is 8. The highest BCUT2D eigenvalue weighted by Gasteiger charge is 2.36. The van der Waals surface area contributed by atoms with Crippen molar-refractivity contribution in [2.24, 2.45) is 0 Å². The second-order valence-corrected chi connectivity index (χ2v) is 9.71. The molecule has 2 aliphatic heterocycles. The Labute approximate surface area is 226 Å². The molecule has 0 radical (unpaired) electrons. The Morgan fingerprint density at radius 1 is 0.947 bits per heavy atom. The number of carbonyl (C=O) groups excluding carboxylic acids is 1. The molecular formula is C29H29N5O3S. The molecule has 9 heteroatoms. The second kappa shape index (κ2) is 9.90. The Balaban J connectivity index is 1.12. The van der Waals surface area contributed by atoms with E-state index in [0.29, 0.717) is 46.7 Å². The molecule has 0 bridgehead atoms. The number of hydrogen-bond donors (Lipinski definition) is 2. The molecule has 4 aromatic rings. The molecule has 2 aliphatic rings. The van der Waals surface area contributed by atoms with E-state index < -0.39 is 0 Å². The summed E-state index contributed by atoms with van der Waals surface area (Å²) in [6.07, 6.45) is 2.74. The van der Waals surface area contributed by atoms with Gasteiger partial charge in [-0.05, 0) is 61.8 Å². The largest absolute Gasteiger partial charge is 0.453 e. The Morgan fingerprint density at radius 3 is 2.50 bits per heavy atom. The molecule has 2 N–H and O–H groups in total. The first kappa shape index (κ1) is 24.1. The van der Waals surface area contributed by atoms with Gasteiger partial charge in [-0.25, -0.2) is 0 Å². The molecule has 1 fully saturated rings. The number of carbonyl (C=O) groups is 1. The number of furan rings is 2. The van der Waals surface area contributed by atoms with Crippen LogP contribution in [0.3, 0.4) is 0 Å². The van der Waals surface area contributed by atoms with Crippen molar-refractivity contribution in [2.45, 2.75) is 26.8 Å². The van der Waals surface area contributed by atoms with Crippen LogP contribution in [0.1, 0.15) is 30.7 Å². The maximum absolute atomic E-state index is 12.8. The lowest BCUT2D eigenvalue weighted by Crippen LogP contribution is -2.32. The smallest absolute Gasteiger partial charge is 0.276 e. The molecule has 0 unspecified atom stereocenters. The first-order chi connectivity index (χ1) is 18.5. The fourth-order valence-electron chi connectivity index (χ4n) is 5.09. The van der Waals surface area contributed by atoms with E-state index >= 15 is 0 Å². The van der Waals surface area contributed by atoms with E-state index in [2.05, 4.69) is 58.2 Å². The van der Waals surface area contributed by atoms with E-state index in [1.54, 1.807) is 23.1 Å². The molecule has 2 aromatic carbocycles. The molecule has 0 spiro atoms. The molecule has 8 nitrogen and oxygen atoms in total. The average molecular weight is 528 g/mol. The van der Waals surface area contributed by atoms with Gasteiger partial charge < -0.3 is 18.6 Å². The Hall–Kier alpha value is -4.24. The summed E-state index contributed by atoms with van der Waals surface area (Å²) in [5, 5.41) is 0.523. The molecule has 0 atom stereocenters. The van der Waals surface area contributed by atoms with Gasteiger partial charge in [0.15, 0.2) is 16.3 Å². The molecule has 6 rings (SSSR count). The van der Waals surface area contributed by atoms with Crippen LogP contribution in [0, 0.1) is 0 Å². The van der Waals surface area contributed by atoms with Crippen LogP contribution in [0.5, 0.6) is 0 Å². The highest BCUT2D eigenvalue weighted by molar-refractivity contribution is 7.80. The summed E-state index contributed by atoms with van der Waals surface area (Å²) >= 11 is 5.45. The lowest BCUT2D eigenvalue weighted by molar-refractivity contribution is -0.122. The van der Waals surface area contributed by atoms with E-state index in [1.807, 2.05) is 24.8 Å². The standard InChI is InChI=1S/C29H29N5O3S/c1-3-33-24(28(35)34(4-2)29(33)38)15-22-16-25-26(36-22)17-27(37-25)31-30-21-10-11-23-20(14-21)12-13-32(23)18-19-8-6-5-7-9-19/h5-11,14-17,30-31H,3-4,12-13,18H2,1-2H3/b24-15+. The van der Waals surface area contributed by atoms with Crippen molar-refractivity contribution in [2.75, 3.05) is 35.4 Å². The number of anilines is 3. The number of hydrazine groups is 1. The van der Waals surface area contributed by atoms with Gasteiger partial charge in [0.2, 0.25) is 5.88 Å². The monoisotopic (exact) mass is 527 g/mol. The average Bonchev–Trinajstić information content (AvgIpc) is 3.65. The summed E-state index contributed by atoms with van der Waals surface area (Å²) in [6, 6.07) is 20.5. The number of benzene rings is 2. The quantitative estimate of drug-likeness (QED) is 0.168. The van der Waals surface area contributed by atoms with Crippen LogP contribution in [0.25, 0.3) is 17.2 Å². The molecule has 38 heavy (non-hydrogen) atoms. The summed E-state index contributed by atoms with van der Waals surface area (Å²) in [6.45, 7) is 6.94. The Morgan fingerprint density at radius 2 is 1.74 bits per heavy atom. The first-order valence-electron chi connectivity index (χ1n) is 12.9. The summed E-state index contributed by atoms with van der Waals surface area (Å²) in [4.78, 5) is 18.6. The molecule has 194 valence electrons. The number of thiocarbonyl (C=S) groups is 1. The molecular weight excluding hydrogens is 498 g/mol. The summed E-state index contributed by atoms with van der Waals surface area (Å²) < 4.78 is 11.9. The minimum Gasteiger partial charge on any atom is -0.453 e. The third-order valence-corrected chi connectivity index (χ3v) is 7.41. The maximum atomic E-state index is 12.8. The van der Waals surface area contributed by atoms with Gasteiger partial charge in [0.05, 0.1) is 5.69 Å². The lowest BCUT2D eigenvalue weighted by Gasteiger charge is -2.20. The van der Waals surface area contributed by atoms with Crippen molar-refractivity contribution in [3.8, 4) is 0 Å². The number of amides is 1. The van der Waals surface area contributed by atoms with E-state index in [0.717, 1.165) is 25.2 Å². The molecule has 0 aliphatic carbocycles. The van der Waals surface area contributed by atoms with E-state index in [9.17, 15) is 4.79 Å². The molecule has 2 aromatic heterocycles. The number of likely N-dealkylation sites (N-methyl/N-ethyl adjacent to an activating group) is 2.